The van der Waals surface area contributed by atoms with Crippen LogP contribution in [0.15, 0.2) is 24.5 Å². The summed E-state index contributed by atoms with van der Waals surface area (Å²) >= 11 is 0. The van der Waals surface area contributed by atoms with Gasteiger partial charge in [-0.2, -0.15) is 18.2 Å². The van der Waals surface area contributed by atoms with Gasteiger partial charge in [0.25, 0.3) is 11.6 Å². The van der Waals surface area contributed by atoms with Crippen molar-refractivity contribution in [3.8, 4) is 0 Å². The first-order valence-electron chi connectivity index (χ1n) is 8.92. The van der Waals surface area contributed by atoms with E-state index in [-0.39, 0.29) is 31.1 Å². The van der Waals surface area contributed by atoms with Gasteiger partial charge in [-0.05, 0) is 38.0 Å². The Morgan fingerprint density at radius 2 is 1.93 bits per heavy atom. The van der Waals surface area contributed by atoms with Crippen molar-refractivity contribution in [3.05, 3.63) is 47.3 Å². The summed E-state index contributed by atoms with van der Waals surface area (Å²) in [4.78, 5) is 35.3. The van der Waals surface area contributed by atoms with Gasteiger partial charge in [-0.15, -0.1) is 5.10 Å². The summed E-state index contributed by atoms with van der Waals surface area (Å²) < 4.78 is 39.6. The number of aryl methyl sites for hydroxylation is 2. The summed E-state index contributed by atoms with van der Waals surface area (Å²) in [5.74, 6) is -2.22. The first-order chi connectivity index (χ1) is 14.1. The minimum atomic E-state index is -4.68. The zero-order chi connectivity index (χ0) is 21.9. The molecule has 158 valence electrons. The van der Waals surface area contributed by atoms with Crippen LogP contribution in [0, 0.1) is 13.8 Å². The molecule has 0 atom stereocenters. The molecule has 2 N–H and O–H groups in total. The van der Waals surface area contributed by atoms with Crippen molar-refractivity contribution in [3.63, 3.8) is 0 Å². The molecule has 0 aliphatic rings. The molecule has 0 aliphatic heterocycles. The Morgan fingerprint density at radius 3 is 2.60 bits per heavy atom. The van der Waals surface area contributed by atoms with Crippen molar-refractivity contribution >= 4 is 23.3 Å². The molecule has 3 aromatic rings. The largest absolute Gasteiger partial charge is 0.453 e. The van der Waals surface area contributed by atoms with Crippen LogP contribution in [0.1, 0.15) is 29.2 Å². The Bertz CT molecular complexity index is 1080. The lowest BCUT2D eigenvalue weighted by atomic mass is 10.1. The maximum absolute atomic E-state index is 12.8. The fourth-order valence-corrected chi connectivity index (χ4v) is 2.84. The summed E-state index contributed by atoms with van der Waals surface area (Å²) in [6.45, 7) is 3.00. The Hall–Kier alpha value is -3.57. The lowest BCUT2D eigenvalue weighted by Gasteiger charge is -2.10. The number of carbonyl (C=O) groups is 2. The van der Waals surface area contributed by atoms with Crippen LogP contribution in [0.5, 0.6) is 0 Å². The third kappa shape index (κ3) is 4.88. The second-order valence-corrected chi connectivity index (χ2v) is 6.47. The van der Waals surface area contributed by atoms with Gasteiger partial charge in [-0.3, -0.25) is 14.6 Å². The van der Waals surface area contributed by atoms with Gasteiger partial charge in [0.05, 0.1) is 18.4 Å². The molecule has 3 aromatic heterocycles. The monoisotopic (exact) mass is 421 g/mol. The second kappa shape index (κ2) is 8.43. The van der Waals surface area contributed by atoms with Gasteiger partial charge in [0.2, 0.25) is 11.8 Å². The van der Waals surface area contributed by atoms with Crippen LogP contribution in [0.25, 0.3) is 5.78 Å². The number of fused-ring (bicyclic) bond motifs is 1. The summed E-state index contributed by atoms with van der Waals surface area (Å²) in [6, 6.07) is 3.33. The van der Waals surface area contributed by atoms with Gasteiger partial charge < -0.3 is 10.6 Å². The van der Waals surface area contributed by atoms with E-state index in [2.05, 4.69) is 30.7 Å². The van der Waals surface area contributed by atoms with E-state index in [1.165, 1.54) is 6.20 Å². The predicted octanol–water partition coefficient (Wildman–Crippen LogP) is 1.84. The van der Waals surface area contributed by atoms with Crippen molar-refractivity contribution < 1.29 is 22.8 Å². The number of anilines is 1. The SMILES string of the molecule is Cc1nc2nc(C(F)(F)F)nn2c(C)c1CCC(=O)NCC(=O)Nc1cccnc1. The number of hydrogen-bond acceptors (Lipinski definition) is 6. The average molecular weight is 421 g/mol. The van der Waals surface area contributed by atoms with Crippen molar-refractivity contribution in [2.24, 2.45) is 0 Å². The molecule has 30 heavy (non-hydrogen) atoms. The van der Waals surface area contributed by atoms with Crippen LogP contribution in [0.4, 0.5) is 18.9 Å². The molecule has 0 unspecified atom stereocenters. The van der Waals surface area contributed by atoms with Crippen LogP contribution >= 0.6 is 0 Å². The number of rotatable bonds is 6. The second-order valence-electron chi connectivity index (χ2n) is 6.47. The molecule has 0 saturated carbocycles. The molecule has 0 aliphatic carbocycles. The number of alkyl halides is 3. The Morgan fingerprint density at radius 1 is 1.17 bits per heavy atom. The maximum atomic E-state index is 12.8. The fraction of sp³-hybridized carbons (Fsp3) is 0.333. The van der Waals surface area contributed by atoms with Gasteiger partial charge in [0, 0.05) is 24.0 Å². The molecular formula is C18H18F3N7O2. The highest BCUT2D eigenvalue weighted by atomic mass is 19.4. The summed E-state index contributed by atoms with van der Waals surface area (Å²) in [6.07, 6.45) is -1.39. The van der Waals surface area contributed by atoms with E-state index >= 15 is 0 Å². The standard InChI is InChI=1S/C18H18F3N7O2/c1-10-13(11(2)28-17(24-10)26-16(27-28)18(19,20)21)5-6-14(29)23-9-15(30)25-12-4-3-7-22-8-12/h3-4,7-8H,5-6,9H2,1-2H3,(H,23,29)(H,25,30). The van der Waals surface area contributed by atoms with Crippen LogP contribution < -0.4 is 10.6 Å². The summed E-state index contributed by atoms with van der Waals surface area (Å²) in [5.41, 5.74) is 1.98. The van der Waals surface area contributed by atoms with Crippen molar-refractivity contribution in [1.29, 1.82) is 0 Å². The highest BCUT2D eigenvalue weighted by molar-refractivity contribution is 5.94. The number of nitrogens with one attached hydrogen (secondary N) is 2. The molecular weight excluding hydrogens is 403 g/mol. The lowest BCUT2D eigenvalue weighted by molar-refractivity contribution is -0.144. The molecule has 0 aromatic carbocycles. The van der Waals surface area contributed by atoms with Crippen molar-refractivity contribution in [1.82, 2.24) is 29.9 Å². The smallest absolute Gasteiger partial charge is 0.347 e. The molecule has 3 rings (SSSR count). The zero-order valence-electron chi connectivity index (χ0n) is 16.1. The Balaban J connectivity index is 1.61. The van der Waals surface area contributed by atoms with Gasteiger partial charge in [-0.1, -0.05) is 0 Å². The minimum absolute atomic E-state index is 0.0237. The van der Waals surface area contributed by atoms with Crippen LogP contribution in [0.3, 0.4) is 0 Å². The van der Waals surface area contributed by atoms with E-state index in [0.717, 1.165) is 4.52 Å². The first kappa shape index (κ1) is 21.1. The van der Waals surface area contributed by atoms with Crippen LogP contribution in [0.2, 0.25) is 0 Å². The molecule has 3 heterocycles. The average Bonchev–Trinajstić information content (AvgIpc) is 3.11. The molecule has 0 bridgehead atoms. The fourth-order valence-electron chi connectivity index (χ4n) is 2.84. The Kier molecular flexibility index (Phi) is 5.94. The first-order valence-corrected chi connectivity index (χ1v) is 8.92. The normalized spacial score (nSPS) is 11.5. The Labute approximate surface area is 168 Å². The number of pyridine rings is 1. The van der Waals surface area contributed by atoms with Gasteiger partial charge in [0.15, 0.2) is 0 Å². The van der Waals surface area contributed by atoms with Crippen molar-refractivity contribution in [2.45, 2.75) is 32.9 Å². The number of amides is 2. The van der Waals surface area contributed by atoms with E-state index in [1.54, 1.807) is 32.2 Å². The van der Waals surface area contributed by atoms with Gasteiger partial charge in [-0.25, -0.2) is 9.50 Å². The molecule has 12 heteroatoms. The number of nitrogens with zero attached hydrogens (tertiary/aromatic N) is 5. The zero-order valence-corrected chi connectivity index (χ0v) is 16.1. The van der Waals surface area contributed by atoms with Crippen LogP contribution in [-0.2, 0) is 22.2 Å². The highest BCUT2D eigenvalue weighted by Gasteiger charge is 2.36. The number of carbonyl (C=O) groups excluding carboxylic acids is 2. The predicted molar refractivity (Wildman–Crippen MR) is 99.5 cm³/mol. The van der Waals surface area contributed by atoms with Crippen molar-refractivity contribution in [2.75, 3.05) is 11.9 Å². The van der Waals surface area contributed by atoms with Gasteiger partial charge in [0.1, 0.15) is 0 Å². The third-order valence-corrected chi connectivity index (χ3v) is 4.30. The third-order valence-electron chi connectivity index (χ3n) is 4.30. The molecule has 9 nitrogen and oxygen atoms in total. The molecule has 0 fully saturated rings. The molecule has 0 spiro atoms. The molecule has 0 saturated heterocycles. The van der Waals surface area contributed by atoms with E-state index in [4.69, 9.17) is 0 Å². The van der Waals surface area contributed by atoms with E-state index in [0.29, 0.717) is 22.6 Å². The van der Waals surface area contributed by atoms with Crippen LogP contribution in [-0.4, -0.2) is 42.9 Å². The number of hydrogen-bond donors (Lipinski definition) is 2. The summed E-state index contributed by atoms with van der Waals surface area (Å²) in [5, 5.41) is 8.56. The number of aromatic nitrogens is 5. The minimum Gasteiger partial charge on any atom is -0.347 e. The van der Waals surface area contributed by atoms with E-state index in [1.807, 2.05) is 0 Å². The lowest BCUT2D eigenvalue weighted by Crippen LogP contribution is -2.33. The maximum Gasteiger partial charge on any atom is 0.453 e. The van der Waals surface area contributed by atoms with E-state index in [9.17, 15) is 22.8 Å². The van der Waals surface area contributed by atoms with E-state index < -0.39 is 17.9 Å². The topological polar surface area (TPSA) is 114 Å². The highest BCUT2D eigenvalue weighted by Crippen LogP contribution is 2.27. The number of halogens is 3. The molecule has 2 amide bonds. The van der Waals surface area contributed by atoms with Gasteiger partial charge >= 0.3 is 6.18 Å². The quantitative estimate of drug-likeness (QED) is 0.628. The summed E-state index contributed by atoms with van der Waals surface area (Å²) in [7, 11) is 0. The molecule has 0 radical (unpaired) electrons.